The van der Waals surface area contributed by atoms with Crippen LogP contribution in [0.5, 0.6) is 0 Å². The van der Waals surface area contributed by atoms with Gasteiger partial charge in [0.25, 0.3) is 5.69 Å². The summed E-state index contributed by atoms with van der Waals surface area (Å²) < 4.78 is 13.0. The number of amides is 1. The molecule has 0 radical (unpaired) electrons. The molecule has 0 bridgehead atoms. The minimum atomic E-state index is -1.00. The molecule has 0 saturated carbocycles. The third-order valence-corrected chi connectivity index (χ3v) is 2.09. The Morgan fingerprint density at radius 1 is 1.67 bits per heavy atom. The van der Waals surface area contributed by atoms with Crippen molar-refractivity contribution in [3.05, 3.63) is 34.1 Å². The van der Waals surface area contributed by atoms with E-state index in [2.05, 4.69) is 11.2 Å². The molecule has 0 spiro atoms. The average molecular weight is 251 g/mol. The molecular formula is C11H10FN3O3. The number of halogens is 1. The first-order valence-electron chi connectivity index (χ1n) is 4.89. The molecule has 6 nitrogen and oxygen atoms in total. The Labute approximate surface area is 102 Å². The van der Waals surface area contributed by atoms with Crippen molar-refractivity contribution in [2.24, 2.45) is 5.73 Å². The molecule has 7 heteroatoms. The third-order valence-electron chi connectivity index (χ3n) is 2.09. The summed E-state index contributed by atoms with van der Waals surface area (Å²) in [4.78, 5) is 21.5. The molecule has 94 valence electrons. The number of anilines is 1. The van der Waals surface area contributed by atoms with Crippen molar-refractivity contribution in [3.8, 4) is 12.3 Å². The smallest absolute Gasteiger partial charge is 0.292 e. The van der Waals surface area contributed by atoms with Crippen molar-refractivity contribution in [3.63, 3.8) is 0 Å². The molecule has 3 N–H and O–H groups in total. The van der Waals surface area contributed by atoms with Crippen LogP contribution in [-0.4, -0.2) is 16.9 Å². The van der Waals surface area contributed by atoms with Crippen LogP contribution in [0.2, 0.25) is 0 Å². The van der Waals surface area contributed by atoms with Crippen LogP contribution in [0, 0.1) is 28.3 Å². The summed E-state index contributed by atoms with van der Waals surface area (Å²) in [6.07, 6.45) is 4.97. The van der Waals surface area contributed by atoms with Gasteiger partial charge in [-0.05, 0) is 6.07 Å². The Morgan fingerprint density at radius 2 is 2.33 bits per heavy atom. The summed E-state index contributed by atoms with van der Waals surface area (Å²) in [7, 11) is 0. The second-order valence-corrected chi connectivity index (χ2v) is 3.42. The summed E-state index contributed by atoms with van der Waals surface area (Å²) in [6.45, 7) is 0. The maximum absolute atomic E-state index is 13.0. The zero-order chi connectivity index (χ0) is 13.7. The highest BCUT2D eigenvalue weighted by Gasteiger charge is 2.19. The molecule has 1 atom stereocenters. The van der Waals surface area contributed by atoms with Crippen LogP contribution in [0.25, 0.3) is 0 Å². The van der Waals surface area contributed by atoms with Gasteiger partial charge in [-0.2, -0.15) is 0 Å². The fraction of sp³-hybridized carbons (Fsp3) is 0.182. The topological polar surface area (TPSA) is 98.3 Å². The number of rotatable bonds is 4. The van der Waals surface area contributed by atoms with Crippen LogP contribution >= 0.6 is 0 Å². The Bertz CT molecular complexity index is 525. The summed E-state index contributed by atoms with van der Waals surface area (Å²) in [5.74, 6) is 0.775. The van der Waals surface area contributed by atoms with Gasteiger partial charge in [-0.3, -0.25) is 14.9 Å². The van der Waals surface area contributed by atoms with Crippen molar-refractivity contribution < 1.29 is 14.1 Å². The van der Waals surface area contributed by atoms with Gasteiger partial charge in [0, 0.05) is 18.6 Å². The van der Waals surface area contributed by atoms with Gasteiger partial charge in [-0.1, -0.05) is 0 Å². The van der Waals surface area contributed by atoms with Gasteiger partial charge in [-0.25, -0.2) is 4.39 Å². The Morgan fingerprint density at radius 3 is 2.89 bits per heavy atom. The van der Waals surface area contributed by atoms with E-state index in [9.17, 15) is 19.3 Å². The lowest BCUT2D eigenvalue weighted by Crippen LogP contribution is -2.35. The van der Waals surface area contributed by atoms with E-state index in [0.29, 0.717) is 0 Å². The summed E-state index contributed by atoms with van der Waals surface area (Å²) in [5, 5.41) is 12.9. The van der Waals surface area contributed by atoms with E-state index in [-0.39, 0.29) is 12.1 Å². The standard InChI is InChI=1S/C11H10FN3O3/c1-2-3-8(13)11(16)14-9-6-7(12)4-5-10(9)15(17)18/h1,4-6,8H,3,13H2,(H,14,16). The van der Waals surface area contributed by atoms with Crippen molar-refractivity contribution >= 4 is 17.3 Å². The lowest BCUT2D eigenvalue weighted by Gasteiger charge is -2.09. The molecule has 1 aromatic rings. The predicted molar refractivity (Wildman–Crippen MR) is 63.1 cm³/mol. The predicted octanol–water partition coefficient (Wildman–Crippen LogP) is 1.02. The molecule has 0 saturated heterocycles. The first-order chi connectivity index (χ1) is 8.45. The number of nitro benzene ring substituents is 1. The number of hydrogen-bond donors (Lipinski definition) is 2. The van der Waals surface area contributed by atoms with Crippen molar-refractivity contribution in [1.29, 1.82) is 0 Å². The second-order valence-electron chi connectivity index (χ2n) is 3.42. The molecule has 0 aliphatic rings. The van der Waals surface area contributed by atoms with Crippen LogP contribution in [0.15, 0.2) is 18.2 Å². The Balaban J connectivity index is 2.96. The van der Waals surface area contributed by atoms with Gasteiger partial charge in [0.2, 0.25) is 5.91 Å². The van der Waals surface area contributed by atoms with Crippen LogP contribution < -0.4 is 11.1 Å². The van der Waals surface area contributed by atoms with E-state index in [1.165, 1.54) is 0 Å². The quantitative estimate of drug-likeness (QED) is 0.474. The van der Waals surface area contributed by atoms with E-state index in [4.69, 9.17) is 12.2 Å². The SMILES string of the molecule is C#CCC(N)C(=O)Nc1cc(F)ccc1[N+](=O)[O-]. The molecule has 18 heavy (non-hydrogen) atoms. The van der Waals surface area contributed by atoms with Gasteiger partial charge in [-0.15, -0.1) is 12.3 Å². The molecule has 1 aromatic carbocycles. The van der Waals surface area contributed by atoms with Gasteiger partial charge in [0.1, 0.15) is 11.5 Å². The largest absolute Gasteiger partial charge is 0.319 e. The average Bonchev–Trinajstić information content (AvgIpc) is 2.28. The lowest BCUT2D eigenvalue weighted by molar-refractivity contribution is -0.384. The van der Waals surface area contributed by atoms with Crippen molar-refractivity contribution in [2.75, 3.05) is 5.32 Å². The Hall–Kier alpha value is -2.46. The van der Waals surface area contributed by atoms with E-state index in [0.717, 1.165) is 18.2 Å². The van der Waals surface area contributed by atoms with Crippen LogP contribution in [0.3, 0.4) is 0 Å². The molecule has 0 aromatic heterocycles. The zero-order valence-electron chi connectivity index (χ0n) is 9.22. The summed E-state index contributed by atoms with van der Waals surface area (Å²) in [6, 6.07) is 1.73. The van der Waals surface area contributed by atoms with Crippen LogP contribution in [0.4, 0.5) is 15.8 Å². The number of carbonyl (C=O) groups is 1. The lowest BCUT2D eigenvalue weighted by atomic mass is 10.2. The number of carbonyl (C=O) groups excluding carboxylic acids is 1. The normalized spacial score (nSPS) is 11.4. The molecule has 1 amide bonds. The van der Waals surface area contributed by atoms with Crippen LogP contribution in [-0.2, 0) is 4.79 Å². The highest BCUT2D eigenvalue weighted by molar-refractivity contribution is 5.96. The number of terminal acetylenes is 1. The molecule has 0 aliphatic carbocycles. The molecular weight excluding hydrogens is 241 g/mol. The number of nitro groups is 1. The molecule has 0 heterocycles. The highest BCUT2D eigenvalue weighted by atomic mass is 19.1. The van der Waals surface area contributed by atoms with Crippen LogP contribution in [0.1, 0.15) is 6.42 Å². The maximum atomic E-state index is 13.0. The van der Waals surface area contributed by atoms with Crippen molar-refractivity contribution in [2.45, 2.75) is 12.5 Å². The minimum absolute atomic E-state index is 0.0189. The number of benzene rings is 1. The number of nitrogens with one attached hydrogen (secondary N) is 1. The first kappa shape index (κ1) is 13.6. The van der Waals surface area contributed by atoms with Gasteiger partial charge in [0.15, 0.2) is 0 Å². The maximum Gasteiger partial charge on any atom is 0.292 e. The highest BCUT2D eigenvalue weighted by Crippen LogP contribution is 2.24. The number of nitrogens with two attached hydrogens (primary N) is 1. The summed E-state index contributed by atoms with van der Waals surface area (Å²) >= 11 is 0. The summed E-state index contributed by atoms with van der Waals surface area (Å²) in [5.41, 5.74) is 4.75. The molecule has 1 unspecified atom stereocenters. The molecule has 0 aliphatic heterocycles. The van der Waals surface area contributed by atoms with Gasteiger partial charge in [0.05, 0.1) is 11.0 Å². The second kappa shape index (κ2) is 5.75. The first-order valence-corrected chi connectivity index (χ1v) is 4.89. The fourth-order valence-corrected chi connectivity index (χ4v) is 1.21. The molecule has 1 rings (SSSR count). The minimum Gasteiger partial charge on any atom is -0.319 e. The van der Waals surface area contributed by atoms with E-state index in [1.807, 2.05) is 0 Å². The van der Waals surface area contributed by atoms with Gasteiger partial charge >= 0.3 is 0 Å². The monoisotopic (exact) mass is 251 g/mol. The zero-order valence-corrected chi connectivity index (χ0v) is 9.22. The fourth-order valence-electron chi connectivity index (χ4n) is 1.21. The third kappa shape index (κ3) is 3.26. The molecule has 0 fully saturated rings. The van der Waals surface area contributed by atoms with E-state index in [1.54, 1.807) is 0 Å². The number of hydrogen-bond acceptors (Lipinski definition) is 4. The Kier molecular flexibility index (Phi) is 4.34. The van der Waals surface area contributed by atoms with Gasteiger partial charge < -0.3 is 11.1 Å². The number of nitrogens with zero attached hydrogens (tertiary/aromatic N) is 1. The van der Waals surface area contributed by atoms with E-state index >= 15 is 0 Å². The van der Waals surface area contributed by atoms with Crippen molar-refractivity contribution in [1.82, 2.24) is 0 Å². The van der Waals surface area contributed by atoms with E-state index < -0.39 is 28.4 Å².